The first kappa shape index (κ1) is 18.0. The number of urea groups is 1. The van der Waals surface area contributed by atoms with Crippen molar-refractivity contribution < 1.29 is 9.59 Å². The topological polar surface area (TPSA) is 61.4 Å². The minimum atomic E-state index is -0.175. The summed E-state index contributed by atoms with van der Waals surface area (Å²) in [5.74, 6) is -0.189. The third-order valence-corrected chi connectivity index (χ3v) is 4.77. The van der Waals surface area contributed by atoms with Gasteiger partial charge in [-0.05, 0) is 37.0 Å². The van der Waals surface area contributed by atoms with Crippen molar-refractivity contribution in [1.29, 1.82) is 0 Å². The van der Waals surface area contributed by atoms with Crippen molar-refractivity contribution in [1.82, 2.24) is 10.2 Å². The van der Waals surface area contributed by atoms with Crippen LogP contribution in [-0.2, 0) is 11.3 Å². The van der Waals surface area contributed by atoms with Gasteiger partial charge >= 0.3 is 6.03 Å². The zero-order chi connectivity index (χ0) is 18.4. The number of benzene rings is 2. The zero-order valence-electron chi connectivity index (χ0n) is 15.1. The summed E-state index contributed by atoms with van der Waals surface area (Å²) < 4.78 is 0. The van der Waals surface area contributed by atoms with Crippen molar-refractivity contribution in [3.8, 4) is 0 Å². The summed E-state index contributed by atoms with van der Waals surface area (Å²) in [7, 11) is 0. The molecular formula is C21H25N3O2. The van der Waals surface area contributed by atoms with Crippen LogP contribution in [0.2, 0.25) is 0 Å². The van der Waals surface area contributed by atoms with Crippen molar-refractivity contribution in [3.05, 3.63) is 65.7 Å². The molecular weight excluding hydrogens is 326 g/mol. The third-order valence-electron chi connectivity index (χ3n) is 4.77. The van der Waals surface area contributed by atoms with Crippen molar-refractivity contribution in [2.75, 3.05) is 18.4 Å². The molecule has 5 nitrogen and oxygen atoms in total. The summed E-state index contributed by atoms with van der Waals surface area (Å²) in [5, 5.41) is 5.94. The fourth-order valence-electron chi connectivity index (χ4n) is 3.21. The lowest BCUT2D eigenvalue weighted by Crippen LogP contribution is -2.47. The zero-order valence-corrected chi connectivity index (χ0v) is 15.1. The maximum Gasteiger partial charge on any atom is 0.317 e. The molecule has 136 valence electrons. The number of carbonyl (C=O) groups excluding carboxylic acids is 2. The Kier molecular flexibility index (Phi) is 5.89. The van der Waals surface area contributed by atoms with Crippen molar-refractivity contribution in [3.63, 3.8) is 0 Å². The van der Waals surface area contributed by atoms with Crippen molar-refractivity contribution in [2.45, 2.75) is 26.3 Å². The molecule has 0 spiro atoms. The van der Waals surface area contributed by atoms with Gasteiger partial charge in [0, 0.05) is 25.3 Å². The molecule has 3 rings (SSSR count). The van der Waals surface area contributed by atoms with Crippen LogP contribution >= 0.6 is 0 Å². The number of aryl methyl sites for hydroxylation is 1. The Hall–Kier alpha value is -2.82. The molecule has 0 radical (unpaired) electrons. The van der Waals surface area contributed by atoms with Crippen LogP contribution in [0.4, 0.5) is 10.5 Å². The van der Waals surface area contributed by atoms with E-state index >= 15 is 0 Å². The van der Waals surface area contributed by atoms with Crippen molar-refractivity contribution >= 4 is 17.6 Å². The summed E-state index contributed by atoms with van der Waals surface area (Å²) in [5.41, 5.74) is 2.93. The first-order chi connectivity index (χ1) is 12.6. The number of rotatable bonds is 4. The Morgan fingerprint density at radius 2 is 1.81 bits per heavy atom. The second kappa shape index (κ2) is 8.52. The van der Waals surface area contributed by atoms with Crippen LogP contribution < -0.4 is 10.6 Å². The highest BCUT2D eigenvalue weighted by molar-refractivity contribution is 5.93. The van der Waals surface area contributed by atoms with Gasteiger partial charge in [-0.15, -0.1) is 0 Å². The molecule has 26 heavy (non-hydrogen) atoms. The van der Waals surface area contributed by atoms with Crippen LogP contribution in [0, 0.1) is 12.8 Å². The van der Waals surface area contributed by atoms with E-state index < -0.39 is 0 Å². The first-order valence-electron chi connectivity index (χ1n) is 9.06. The number of piperidine rings is 1. The van der Waals surface area contributed by atoms with E-state index in [1.54, 1.807) is 4.90 Å². The monoisotopic (exact) mass is 351 g/mol. The Morgan fingerprint density at radius 3 is 2.58 bits per heavy atom. The van der Waals surface area contributed by atoms with Crippen LogP contribution in [0.5, 0.6) is 0 Å². The fourth-order valence-corrected chi connectivity index (χ4v) is 3.21. The van der Waals surface area contributed by atoms with E-state index in [1.807, 2.05) is 61.5 Å². The molecule has 2 N–H and O–H groups in total. The number of amides is 3. The highest BCUT2D eigenvalue weighted by Crippen LogP contribution is 2.20. The number of nitrogens with zero attached hydrogens (tertiary/aromatic N) is 1. The molecule has 0 aromatic heterocycles. The largest absolute Gasteiger partial charge is 0.334 e. The van der Waals surface area contributed by atoms with E-state index in [-0.39, 0.29) is 17.9 Å². The fraction of sp³-hybridized carbons (Fsp3) is 0.333. The average molecular weight is 351 g/mol. The quantitative estimate of drug-likeness (QED) is 0.885. The van der Waals surface area contributed by atoms with E-state index in [0.717, 1.165) is 29.7 Å². The Labute approximate surface area is 154 Å². The van der Waals surface area contributed by atoms with Gasteiger partial charge < -0.3 is 15.5 Å². The lowest BCUT2D eigenvalue weighted by molar-refractivity contribution is -0.121. The molecule has 1 heterocycles. The van der Waals surface area contributed by atoms with Crippen LogP contribution in [0.3, 0.4) is 0 Å². The van der Waals surface area contributed by atoms with E-state index in [9.17, 15) is 9.59 Å². The van der Waals surface area contributed by atoms with Gasteiger partial charge in [0.1, 0.15) is 0 Å². The second-order valence-electron chi connectivity index (χ2n) is 6.73. The molecule has 1 aliphatic heterocycles. The van der Waals surface area contributed by atoms with Gasteiger partial charge in [-0.25, -0.2) is 4.79 Å². The average Bonchev–Trinajstić information content (AvgIpc) is 2.69. The lowest BCUT2D eigenvalue weighted by Gasteiger charge is -2.32. The van der Waals surface area contributed by atoms with Gasteiger partial charge in [-0.1, -0.05) is 48.5 Å². The summed E-state index contributed by atoms with van der Waals surface area (Å²) in [6.07, 6.45) is 1.64. The molecule has 0 saturated carbocycles. The number of carbonyl (C=O) groups is 2. The predicted molar refractivity (Wildman–Crippen MR) is 103 cm³/mol. The summed E-state index contributed by atoms with van der Waals surface area (Å²) in [6.45, 7) is 3.61. The third kappa shape index (κ3) is 4.63. The molecule has 2 aromatic rings. The van der Waals surface area contributed by atoms with Gasteiger partial charge in [0.25, 0.3) is 0 Å². The van der Waals surface area contributed by atoms with Gasteiger partial charge in [0.2, 0.25) is 5.91 Å². The molecule has 1 fully saturated rings. The van der Waals surface area contributed by atoms with E-state index in [1.165, 1.54) is 0 Å². The van der Waals surface area contributed by atoms with E-state index in [2.05, 4.69) is 10.6 Å². The van der Waals surface area contributed by atoms with Crippen LogP contribution in [-0.4, -0.2) is 29.9 Å². The number of anilines is 1. The van der Waals surface area contributed by atoms with Gasteiger partial charge in [0.05, 0.1) is 5.92 Å². The molecule has 1 aliphatic rings. The highest BCUT2D eigenvalue weighted by atomic mass is 16.2. The first-order valence-corrected chi connectivity index (χ1v) is 9.06. The van der Waals surface area contributed by atoms with Gasteiger partial charge in [0.15, 0.2) is 0 Å². The predicted octanol–water partition coefficient (Wildman–Crippen LogP) is 3.56. The number of hydrogen-bond acceptors (Lipinski definition) is 2. The molecule has 0 aliphatic carbocycles. The van der Waals surface area contributed by atoms with E-state index in [4.69, 9.17) is 0 Å². The highest BCUT2D eigenvalue weighted by Gasteiger charge is 2.28. The normalized spacial score (nSPS) is 16.8. The number of para-hydroxylation sites is 1. The SMILES string of the molecule is Cc1ccccc1NC(=O)[C@H]1CCCN(C(=O)NCc2ccccc2)C1. The number of hydrogen-bond donors (Lipinski definition) is 2. The molecule has 3 amide bonds. The standard InChI is InChI=1S/C21H25N3O2/c1-16-8-5-6-12-19(16)23-20(25)18-11-7-13-24(15-18)21(26)22-14-17-9-3-2-4-10-17/h2-6,8-10,12,18H,7,11,13-15H2,1H3,(H,22,26)(H,23,25)/t18-/m0/s1. The molecule has 5 heteroatoms. The molecule has 1 atom stereocenters. The maximum absolute atomic E-state index is 12.6. The maximum atomic E-state index is 12.6. The minimum Gasteiger partial charge on any atom is -0.334 e. The van der Waals surface area contributed by atoms with Crippen LogP contribution in [0.15, 0.2) is 54.6 Å². The minimum absolute atomic E-state index is 0.0140. The molecule has 0 bridgehead atoms. The lowest BCUT2D eigenvalue weighted by atomic mass is 9.97. The van der Waals surface area contributed by atoms with Crippen LogP contribution in [0.25, 0.3) is 0 Å². The van der Waals surface area contributed by atoms with Crippen molar-refractivity contribution in [2.24, 2.45) is 5.92 Å². The summed E-state index contributed by atoms with van der Waals surface area (Å²) >= 11 is 0. The molecule has 0 unspecified atom stereocenters. The Balaban J connectivity index is 1.54. The summed E-state index contributed by atoms with van der Waals surface area (Å²) in [6, 6.07) is 17.4. The Morgan fingerprint density at radius 1 is 1.08 bits per heavy atom. The number of likely N-dealkylation sites (tertiary alicyclic amines) is 1. The number of nitrogens with one attached hydrogen (secondary N) is 2. The van der Waals surface area contributed by atoms with E-state index in [0.29, 0.717) is 19.6 Å². The van der Waals surface area contributed by atoms with Gasteiger partial charge in [-0.2, -0.15) is 0 Å². The smallest absolute Gasteiger partial charge is 0.317 e. The summed E-state index contributed by atoms with van der Waals surface area (Å²) in [4.78, 5) is 26.8. The Bertz CT molecular complexity index is 761. The molecule has 1 saturated heterocycles. The second-order valence-corrected chi connectivity index (χ2v) is 6.73. The van der Waals surface area contributed by atoms with Crippen LogP contribution in [0.1, 0.15) is 24.0 Å². The van der Waals surface area contributed by atoms with Gasteiger partial charge in [-0.3, -0.25) is 4.79 Å². The molecule has 2 aromatic carbocycles.